The first-order valence-corrected chi connectivity index (χ1v) is 4.62. The van der Waals surface area contributed by atoms with Crippen LogP contribution in [0.3, 0.4) is 0 Å². The fourth-order valence-corrected chi connectivity index (χ4v) is 1.12. The van der Waals surface area contributed by atoms with Crippen molar-refractivity contribution in [1.29, 1.82) is 0 Å². The Morgan fingerprint density at radius 1 is 1.50 bits per heavy atom. The third kappa shape index (κ3) is 2.52. The van der Waals surface area contributed by atoms with Crippen molar-refractivity contribution in [2.45, 2.75) is 20.3 Å². The van der Waals surface area contributed by atoms with Crippen LogP contribution in [0.25, 0.3) is 0 Å². The van der Waals surface area contributed by atoms with Crippen LogP contribution in [0.1, 0.15) is 29.3 Å². The minimum atomic E-state index is -0.277. The zero-order valence-electron chi connectivity index (χ0n) is 8.38. The van der Waals surface area contributed by atoms with Gasteiger partial charge in [-0.3, -0.25) is 4.79 Å². The highest BCUT2D eigenvalue weighted by Gasteiger charge is 2.03. The lowest BCUT2D eigenvalue weighted by Crippen LogP contribution is -1.95. The standard InChI is InChI=1S/C12H13FO/c1-3-4-5-12(14)10-6-7-11(13)9(2)8-10/h4-8H,3H2,1-2H3/b5-4+. The van der Waals surface area contributed by atoms with Gasteiger partial charge in [-0.25, -0.2) is 4.39 Å². The number of hydrogen-bond donors (Lipinski definition) is 0. The SMILES string of the molecule is CC/C=C/C(=O)c1ccc(F)c(C)c1. The molecule has 0 aliphatic heterocycles. The summed E-state index contributed by atoms with van der Waals surface area (Å²) < 4.78 is 12.9. The fourth-order valence-electron chi connectivity index (χ4n) is 1.12. The number of hydrogen-bond acceptors (Lipinski definition) is 1. The molecule has 0 fully saturated rings. The van der Waals surface area contributed by atoms with Crippen LogP contribution < -0.4 is 0 Å². The van der Waals surface area contributed by atoms with Crippen molar-refractivity contribution in [3.63, 3.8) is 0 Å². The molecule has 1 nitrogen and oxygen atoms in total. The van der Waals surface area contributed by atoms with E-state index in [0.717, 1.165) is 6.42 Å². The zero-order valence-corrected chi connectivity index (χ0v) is 8.38. The molecule has 0 spiro atoms. The second-order valence-electron chi connectivity index (χ2n) is 3.14. The molecule has 0 aliphatic rings. The molecular formula is C12H13FO. The molecule has 2 heteroatoms. The molecule has 0 saturated carbocycles. The maximum absolute atomic E-state index is 12.9. The molecule has 0 saturated heterocycles. The van der Waals surface area contributed by atoms with E-state index in [1.54, 1.807) is 19.1 Å². The monoisotopic (exact) mass is 192 g/mol. The third-order valence-electron chi connectivity index (χ3n) is 1.95. The number of ketones is 1. The molecule has 0 N–H and O–H groups in total. The Balaban J connectivity index is 2.91. The van der Waals surface area contributed by atoms with Gasteiger partial charge in [0, 0.05) is 5.56 Å². The van der Waals surface area contributed by atoms with E-state index in [9.17, 15) is 9.18 Å². The van der Waals surface area contributed by atoms with Crippen molar-refractivity contribution in [3.8, 4) is 0 Å². The van der Waals surface area contributed by atoms with Gasteiger partial charge in [-0.2, -0.15) is 0 Å². The van der Waals surface area contributed by atoms with Gasteiger partial charge in [-0.15, -0.1) is 0 Å². The predicted molar refractivity (Wildman–Crippen MR) is 54.9 cm³/mol. The topological polar surface area (TPSA) is 17.1 Å². The summed E-state index contributed by atoms with van der Waals surface area (Å²) >= 11 is 0. The van der Waals surface area contributed by atoms with Gasteiger partial charge in [-0.1, -0.05) is 13.0 Å². The molecular weight excluding hydrogens is 179 g/mol. The number of benzene rings is 1. The molecule has 0 heterocycles. The molecule has 0 bridgehead atoms. The molecule has 0 unspecified atom stereocenters. The third-order valence-corrected chi connectivity index (χ3v) is 1.95. The van der Waals surface area contributed by atoms with E-state index in [0.29, 0.717) is 11.1 Å². The van der Waals surface area contributed by atoms with E-state index >= 15 is 0 Å². The lowest BCUT2D eigenvalue weighted by Gasteiger charge is -1.99. The first-order chi connectivity index (χ1) is 6.65. The van der Waals surface area contributed by atoms with Crippen LogP contribution in [-0.2, 0) is 0 Å². The van der Waals surface area contributed by atoms with Gasteiger partial charge in [0.1, 0.15) is 5.82 Å². The molecule has 14 heavy (non-hydrogen) atoms. The van der Waals surface area contributed by atoms with Crippen LogP contribution in [0.4, 0.5) is 4.39 Å². The Morgan fingerprint density at radius 2 is 2.21 bits per heavy atom. The number of rotatable bonds is 3. The van der Waals surface area contributed by atoms with Gasteiger partial charge in [0.2, 0.25) is 0 Å². The summed E-state index contributed by atoms with van der Waals surface area (Å²) in [6.45, 7) is 3.61. The first kappa shape index (κ1) is 10.6. The van der Waals surface area contributed by atoms with Gasteiger partial charge in [0.15, 0.2) is 5.78 Å². The van der Waals surface area contributed by atoms with Crippen molar-refractivity contribution in [2.24, 2.45) is 0 Å². The van der Waals surface area contributed by atoms with Crippen molar-refractivity contribution >= 4 is 5.78 Å². The minimum Gasteiger partial charge on any atom is -0.289 e. The van der Waals surface area contributed by atoms with Gasteiger partial charge in [0.05, 0.1) is 0 Å². The maximum Gasteiger partial charge on any atom is 0.185 e. The molecule has 1 aromatic carbocycles. The summed E-state index contributed by atoms with van der Waals surface area (Å²) in [6, 6.07) is 4.39. The Bertz CT molecular complexity index is 367. The average Bonchev–Trinajstić information content (AvgIpc) is 2.18. The van der Waals surface area contributed by atoms with Crippen molar-refractivity contribution in [3.05, 3.63) is 47.3 Å². The van der Waals surface area contributed by atoms with E-state index in [2.05, 4.69) is 0 Å². The highest BCUT2D eigenvalue weighted by atomic mass is 19.1. The largest absolute Gasteiger partial charge is 0.289 e. The van der Waals surface area contributed by atoms with Crippen LogP contribution in [0, 0.1) is 12.7 Å². The molecule has 74 valence electrons. The van der Waals surface area contributed by atoms with Crippen molar-refractivity contribution < 1.29 is 9.18 Å². The number of halogens is 1. The minimum absolute atomic E-state index is 0.0741. The summed E-state index contributed by atoms with van der Waals surface area (Å²) in [5, 5.41) is 0. The van der Waals surface area contributed by atoms with E-state index in [-0.39, 0.29) is 11.6 Å². The lowest BCUT2D eigenvalue weighted by atomic mass is 10.1. The van der Waals surface area contributed by atoms with Gasteiger partial charge in [0.25, 0.3) is 0 Å². The summed E-state index contributed by atoms with van der Waals surface area (Å²) in [6.07, 6.45) is 4.14. The van der Waals surface area contributed by atoms with E-state index in [1.807, 2.05) is 6.92 Å². The van der Waals surface area contributed by atoms with Gasteiger partial charge in [-0.05, 0) is 43.2 Å². The number of carbonyl (C=O) groups is 1. The molecule has 1 aromatic rings. The lowest BCUT2D eigenvalue weighted by molar-refractivity contribution is 0.104. The highest BCUT2D eigenvalue weighted by molar-refractivity contribution is 6.04. The van der Waals surface area contributed by atoms with E-state index in [4.69, 9.17) is 0 Å². The molecule has 1 rings (SSSR count). The molecule has 0 radical (unpaired) electrons. The number of aryl methyl sites for hydroxylation is 1. The summed E-state index contributed by atoms with van der Waals surface area (Å²) in [7, 11) is 0. The molecule has 0 aromatic heterocycles. The summed E-state index contributed by atoms with van der Waals surface area (Å²) in [5.41, 5.74) is 1.04. The predicted octanol–water partition coefficient (Wildman–Crippen LogP) is 3.28. The Hall–Kier alpha value is -1.44. The average molecular weight is 192 g/mol. The molecule has 0 amide bonds. The summed E-state index contributed by atoms with van der Waals surface area (Å²) in [5.74, 6) is -0.351. The van der Waals surface area contributed by atoms with Gasteiger partial charge < -0.3 is 0 Å². The van der Waals surface area contributed by atoms with Crippen molar-refractivity contribution in [2.75, 3.05) is 0 Å². The maximum atomic E-state index is 12.9. The molecule has 0 aliphatic carbocycles. The molecule has 0 atom stereocenters. The van der Waals surface area contributed by atoms with Crippen LogP contribution in [0.15, 0.2) is 30.4 Å². The first-order valence-electron chi connectivity index (χ1n) is 4.62. The van der Waals surface area contributed by atoms with Crippen LogP contribution in [-0.4, -0.2) is 5.78 Å². The Kier molecular flexibility index (Phi) is 3.57. The smallest absolute Gasteiger partial charge is 0.185 e. The zero-order chi connectivity index (χ0) is 10.6. The van der Waals surface area contributed by atoms with E-state index < -0.39 is 0 Å². The van der Waals surface area contributed by atoms with Crippen LogP contribution in [0.5, 0.6) is 0 Å². The Labute approximate surface area is 83.3 Å². The fraction of sp³-hybridized carbons (Fsp3) is 0.250. The van der Waals surface area contributed by atoms with Gasteiger partial charge >= 0.3 is 0 Å². The quantitative estimate of drug-likeness (QED) is 0.530. The Morgan fingerprint density at radius 3 is 2.79 bits per heavy atom. The second kappa shape index (κ2) is 4.70. The normalized spacial score (nSPS) is 10.8. The van der Waals surface area contributed by atoms with Crippen LogP contribution in [0.2, 0.25) is 0 Å². The number of allylic oxidation sites excluding steroid dienone is 2. The second-order valence-corrected chi connectivity index (χ2v) is 3.14. The highest BCUT2D eigenvalue weighted by Crippen LogP contribution is 2.10. The van der Waals surface area contributed by atoms with Crippen LogP contribution >= 0.6 is 0 Å². The van der Waals surface area contributed by atoms with Crippen molar-refractivity contribution in [1.82, 2.24) is 0 Å². The van der Waals surface area contributed by atoms with E-state index in [1.165, 1.54) is 18.2 Å². The summed E-state index contributed by atoms with van der Waals surface area (Å²) in [4.78, 5) is 11.5. The number of carbonyl (C=O) groups excluding carboxylic acids is 1.